The van der Waals surface area contributed by atoms with Gasteiger partial charge in [0.25, 0.3) is 0 Å². The fourth-order valence-corrected chi connectivity index (χ4v) is 2.32. The van der Waals surface area contributed by atoms with Gasteiger partial charge in [-0.25, -0.2) is 0 Å². The van der Waals surface area contributed by atoms with Crippen LogP contribution in [0.15, 0.2) is 72.8 Å². The van der Waals surface area contributed by atoms with Gasteiger partial charge in [-0.15, -0.1) is 0 Å². The summed E-state index contributed by atoms with van der Waals surface area (Å²) in [6, 6.07) is 22.4. The van der Waals surface area contributed by atoms with Crippen molar-refractivity contribution < 1.29 is 10.2 Å². The first kappa shape index (κ1) is 15.6. The van der Waals surface area contributed by atoms with Gasteiger partial charge in [-0.05, 0) is 52.6 Å². The van der Waals surface area contributed by atoms with E-state index < -0.39 is 0 Å². The van der Waals surface area contributed by atoms with Crippen molar-refractivity contribution in [3.8, 4) is 11.5 Å². The first-order chi connectivity index (χ1) is 11.7. The topological polar surface area (TPSA) is 40.5 Å². The van der Waals surface area contributed by atoms with Gasteiger partial charge in [-0.3, -0.25) is 0 Å². The minimum atomic E-state index is 0.272. The third kappa shape index (κ3) is 4.37. The molecule has 0 aromatic heterocycles. The predicted molar refractivity (Wildman–Crippen MR) is 101 cm³/mol. The minimum absolute atomic E-state index is 0.272. The summed E-state index contributed by atoms with van der Waals surface area (Å²) in [7, 11) is 0. The summed E-state index contributed by atoms with van der Waals surface area (Å²) in [4.78, 5) is 0. The van der Waals surface area contributed by atoms with E-state index >= 15 is 0 Å². The zero-order valence-electron chi connectivity index (χ0n) is 13.1. The van der Waals surface area contributed by atoms with Crippen LogP contribution in [0.2, 0.25) is 0 Å². The molecule has 0 saturated heterocycles. The lowest BCUT2D eigenvalue weighted by atomic mass is 10.1. The van der Waals surface area contributed by atoms with Crippen LogP contribution in [0.4, 0.5) is 0 Å². The third-order valence-electron chi connectivity index (χ3n) is 3.63. The highest BCUT2D eigenvalue weighted by atomic mass is 16.3. The number of phenolic OH excluding ortho intramolecular Hbond substituents is 2. The number of hydrogen-bond acceptors (Lipinski definition) is 2. The summed E-state index contributed by atoms with van der Waals surface area (Å²) >= 11 is 0. The number of rotatable bonds is 4. The van der Waals surface area contributed by atoms with Crippen molar-refractivity contribution >= 4 is 24.3 Å². The van der Waals surface area contributed by atoms with Gasteiger partial charge in [0.05, 0.1) is 0 Å². The van der Waals surface area contributed by atoms with E-state index in [0.717, 1.165) is 22.3 Å². The fourth-order valence-electron chi connectivity index (χ4n) is 2.32. The van der Waals surface area contributed by atoms with Crippen LogP contribution in [0.5, 0.6) is 11.5 Å². The van der Waals surface area contributed by atoms with Crippen molar-refractivity contribution in [1.29, 1.82) is 0 Å². The van der Waals surface area contributed by atoms with Crippen LogP contribution in [0.25, 0.3) is 24.3 Å². The molecule has 118 valence electrons. The second kappa shape index (κ2) is 7.34. The molecule has 0 heterocycles. The number of phenols is 2. The lowest BCUT2D eigenvalue weighted by molar-refractivity contribution is 0.474. The number of hydrogen-bond donors (Lipinski definition) is 2. The van der Waals surface area contributed by atoms with Gasteiger partial charge in [0.1, 0.15) is 11.5 Å². The van der Waals surface area contributed by atoms with Crippen LogP contribution in [0.3, 0.4) is 0 Å². The Hall–Kier alpha value is -3.26. The molecule has 0 fully saturated rings. The number of benzene rings is 3. The molecule has 3 rings (SSSR count). The van der Waals surface area contributed by atoms with Crippen LogP contribution in [0.1, 0.15) is 22.3 Å². The van der Waals surface area contributed by atoms with Crippen molar-refractivity contribution in [3.05, 3.63) is 95.1 Å². The first-order valence-corrected chi connectivity index (χ1v) is 7.73. The summed E-state index contributed by atoms with van der Waals surface area (Å²) < 4.78 is 0. The van der Waals surface area contributed by atoms with E-state index in [1.807, 2.05) is 54.6 Å². The quantitative estimate of drug-likeness (QED) is 0.630. The van der Waals surface area contributed by atoms with E-state index in [4.69, 9.17) is 0 Å². The molecule has 2 heteroatoms. The van der Waals surface area contributed by atoms with Crippen LogP contribution in [0, 0.1) is 0 Å². The monoisotopic (exact) mass is 314 g/mol. The summed E-state index contributed by atoms with van der Waals surface area (Å²) in [5.41, 5.74) is 4.29. The SMILES string of the molecule is Oc1ccc(/C=C/c2cccc(/C=C/c3ccc(O)cc3)c2)cc1. The highest BCUT2D eigenvalue weighted by Crippen LogP contribution is 2.16. The smallest absolute Gasteiger partial charge is 0.115 e. The molecule has 0 radical (unpaired) electrons. The van der Waals surface area contributed by atoms with Crippen LogP contribution in [-0.4, -0.2) is 10.2 Å². The van der Waals surface area contributed by atoms with E-state index in [-0.39, 0.29) is 11.5 Å². The Morgan fingerprint density at radius 3 is 1.25 bits per heavy atom. The molecule has 3 aromatic carbocycles. The van der Waals surface area contributed by atoms with Crippen molar-refractivity contribution in [2.45, 2.75) is 0 Å². The lowest BCUT2D eigenvalue weighted by Gasteiger charge is -1.99. The third-order valence-corrected chi connectivity index (χ3v) is 3.63. The van der Waals surface area contributed by atoms with Gasteiger partial charge < -0.3 is 10.2 Å². The molecule has 0 aliphatic heterocycles. The molecule has 2 N–H and O–H groups in total. The highest BCUT2D eigenvalue weighted by Gasteiger charge is 1.93. The van der Waals surface area contributed by atoms with E-state index in [1.54, 1.807) is 24.3 Å². The van der Waals surface area contributed by atoms with Gasteiger partial charge in [0.15, 0.2) is 0 Å². The normalized spacial score (nSPS) is 11.3. The van der Waals surface area contributed by atoms with Crippen LogP contribution >= 0.6 is 0 Å². The van der Waals surface area contributed by atoms with Crippen LogP contribution in [-0.2, 0) is 0 Å². The Kier molecular flexibility index (Phi) is 4.78. The second-order valence-corrected chi connectivity index (χ2v) is 5.52. The maximum Gasteiger partial charge on any atom is 0.115 e. The summed E-state index contributed by atoms with van der Waals surface area (Å²) in [6.45, 7) is 0. The highest BCUT2D eigenvalue weighted by molar-refractivity contribution is 5.74. The molecule has 0 aliphatic carbocycles. The summed E-state index contributed by atoms with van der Waals surface area (Å²) in [6.07, 6.45) is 8.12. The Morgan fingerprint density at radius 1 is 0.458 bits per heavy atom. The Bertz CT molecular complexity index is 786. The average Bonchev–Trinajstić information content (AvgIpc) is 2.61. The molecule has 3 aromatic rings. The molecular weight excluding hydrogens is 296 g/mol. The van der Waals surface area contributed by atoms with Gasteiger partial charge in [-0.2, -0.15) is 0 Å². The van der Waals surface area contributed by atoms with E-state index in [2.05, 4.69) is 18.2 Å². The largest absolute Gasteiger partial charge is 0.508 e. The molecule has 0 amide bonds. The van der Waals surface area contributed by atoms with Crippen molar-refractivity contribution in [3.63, 3.8) is 0 Å². The van der Waals surface area contributed by atoms with Gasteiger partial charge in [0, 0.05) is 0 Å². The van der Waals surface area contributed by atoms with Crippen molar-refractivity contribution in [2.24, 2.45) is 0 Å². The average molecular weight is 314 g/mol. The molecule has 0 spiro atoms. The molecule has 2 nitrogen and oxygen atoms in total. The first-order valence-electron chi connectivity index (χ1n) is 7.73. The maximum absolute atomic E-state index is 9.30. The molecule has 0 aliphatic rings. The summed E-state index contributed by atoms with van der Waals surface area (Å²) in [5.74, 6) is 0.544. The maximum atomic E-state index is 9.30. The minimum Gasteiger partial charge on any atom is -0.508 e. The standard InChI is InChI=1S/C22H18O2/c23-21-12-8-17(9-13-21)4-6-19-2-1-3-20(16-19)7-5-18-10-14-22(24)15-11-18/h1-16,23-24H/b6-4+,7-5+. The Morgan fingerprint density at radius 2 is 0.833 bits per heavy atom. The van der Waals surface area contributed by atoms with E-state index in [0.29, 0.717) is 0 Å². The van der Waals surface area contributed by atoms with E-state index in [1.165, 1.54) is 0 Å². The van der Waals surface area contributed by atoms with Crippen molar-refractivity contribution in [1.82, 2.24) is 0 Å². The zero-order chi connectivity index (χ0) is 16.8. The summed E-state index contributed by atoms with van der Waals surface area (Å²) in [5, 5.41) is 18.6. The van der Waals surface area contributed by atoms with E-state index in [9.17, 15) is 10.2 Å². The Balaban J connectivity index is 1.74. The molecule has 0 saturated carbocycles. The molecule has 0 atom stereocenters. The zero-order valence-corrected chi connectivity index (χ0v) is 13.1. The number of aromatic hydroxyl groups is 2. The molecular formula is C22H18O2. The second-order valence-electron chi connectivity index (χ2n) is 5.52. The van der Waals surface area contributed by atoms with Crippen molar-refractivity contribution in [2.75, 3.05) is 0 Å². The molecule has 24 heavy (non-hydrogen) atoms. The van der Waals surface area contributed by atoms with Crippen LogP contribution < -0.4 is 0 Å². The predicted octanol–water partition coefficient (Wildman–Crippen LogP) is 5.44. The lowest BCUT2D eigenvalue weighted by Crippen LogP contribution is -1.77. The van der Waals surface area contributed by atoms with Gasteiger partial charge >= 0.3 is 0 Å². The Labute approximate surface area is 141 Å². The molecule has 0 bridgehead atoms. The molecule has 0 unspecified atom stereocenters. The fraction of sp³-hybridized carbons (Fsp3) is 0. The van der Waals surface area contributed by atoms with Gasteiger partial charge in [0.2, 0.25) is 0 Å². The van der Waals surface area contributed by atoms with Gasteiger partial charge in [-0.1, -0.05) is 66.8 Å².